The standard InChI is InChI=1S/C20H13NO2/c1-2-6-14-13(5-1)9-10-15-18(16-7-3-11-22-16)20(21-19(14)15)17-8-4-12-23-17/h1-12,21H. The summed E-state index contributed by atoms with van der Waals surface area (Å²) in [5, 5.41) is 3.53. The Morgan fingerprint density at radius 2 is 1.43 bits per heavy atom. The number of hydrogen-bond acceptors (Lipinski definition) is 2. The van der Waals surface area contributed by atoms with Crippen molar-refractivity contribution < 1.29 is 8.83 Å². The van der Waals surface area contributed by atoms with E-state index in [1.807, 2.05) is 24.3 Å². The second kappa shape index (κ2) is 4.65. The van der Waals surface area contributed by atoms with Crippen LogP contribution in [-0.2, 0) is 0 Å². The molecule has 0 amide bonds. The van der Waals surface area contributed by atoms with Crippen molar-refractivity contribution in [3.05, 3.63) is 73.2 Å². The molecule has 5 rings (SSSR count). The van der Waals surface area contributed by atoms with Gasteiger partial charge in [0.15, 0.2) is 5.76 Å². The SMILES string of the molecule is c1coc(-c2[nH]c3c(ccc4ccccc43)c2-c2ccco2)c1. The van der Waals surface area contributed by atoms with E-state index in [0.29, 0.717) is 0 Å². The summed E-state index contributed by atoms with van der Waals surface area (Å²) >= 11 is 0. The van der Waals surface area contributed by atoms with Gasteiger partial charge in [0, 0.05) is 10.8 Å². The van der Waals surface area contributed by atoms with Gasteiger partial charge >= 0.3 is 0 Å². The molecule has 23 heavy (non-hydrogen) atoms. The quantitative estimate of drug-likeness (QED) is 0.445. The predicted octanol–water partition coefficient (Wildman–Crippen LogP) is 5.84. The van der Waals surface area contributed by atoms with Gasteiger partial charge in [-0.25, -0.2) is 0 Å². The van der Waals surface area contributed by atoms with Crippen molar-refractivity contribution in [3.63, 3.8) is 0 Å². The third-order valence-electron chi connectivity index (χ3n) is 4.23. The monoisotopic (exact) mass is 299 g/mol. The summed E-state index contributed by atoms with van der Waals surface area (Å²) in [6, 6.07) is 20.4. The maximum absolute atomic E-state index is 5.68. The maximum Gasteiger partial charge on any atom is 0.150 e. The molecule has 3 heteroatoms. The Bertz CT molecular complexity index is 1100. The molecule has 3 heterocycles. The molecule has 0 saturated heterocycles. The molecule has 0 aliphatic rings. The van der Waals surface area contributed by atoms with E-state index >= 15 is 0 Å². The van der Waals surface area contributed by atoms with Crippen LogP contribution in [0.15, 0.2) is 82.0 Å². The van der Waals surface area contributed by atoms with Crippen LogP contribution in [0.4, 0.5) is 0 Å². The normalized spacial score (nSPS) is 11.5. The fourth-order valence-electron chi connectivity index (χ4n) is 3.22. The smallest absolute Gasteiger partial charge is 0.150 e. The highest BCUT2D eigenvalue weighted by molar-refractivity contribution is 6.13. The van der Waals surface area contributed by atoms with Crippen molar-refractivity contribution in [1.82, 2.24) is 4.98 Å². The van der Waals surface area contributed by atoms with E-state index in [0.717, 1.165) is 33.7 Å². The van der Waals surface area contributed by atoms with Gasteiger partial charge in [-0.15, -0.1) is 0 Å². The lowest BCUT2D eigenvalue weighted by molar-refractivity contribution is 0.575. The Labute approximate surface area is 132 Å². The zero-order valence-corrected chi connectivity index (χ0v) is 12.2. The summed E-state index contributed by atoms with van der Waals surface area (Å²) in [7, 11) is 0. The van der Waals surface area contributed by atoms with Gasteiger partial charge in [-0.05, 0) is 29.7 Å². The highest BCUT2D eigenvalue weighted by atomic mass is 16.3. The Morgan fingerprint density at radius 3 is 2.22 bits per heavy atom. The molecule has 0 atom stereocenters. The van der Waals surface area contributed by atoms with Crippen LogP contribution in [0.25, 0.3) is 44.5 Å². The molecule has 110 valence electrons. The summed E-state index contributed by atoms with van der Waals surface area (Å²) in [4.78, 5) is 3.54. The first-order chi connectivity index (χ1) is 11.4. The molecule has 3 aromatic heterocycles. The number of nitrogens with one attached hydrogen (secondary N) is 1. The third-order valence-corrected chi connectivity index (χ3v) is 4.23. The number of aromatic nitrogens is 1. The Morgan fingerprint density at radius 1 is 0.652 bits per heavy atom. The minimum atomic E-state index is 0.802. The summed E-state index contributed by atoms with van der Waals surface area (Å²) in [6.45, 7) is 0. The fraction of sp³-hybridized carbons (Fsp3) is 0. The van der Waals surface area contributed by atoms with Crippen LogP contribution in [0.1, 0.15) is 0 Å². The Balaban J connectivity index is 1.95. The van der Waals surface area contributed by atoms with E-state index < -0.39 is 0 Å². The summed E-state index contributed by atoms with van der Waals surface area (Å²) in [5.41, 5.74) is 3.07. The molecular formula is C20H13NO2. The van der Waals surface area contributed by atoms with Gasteiger partial charge < -0.3 is 13.8 Å². The second-order valence-corrected chi connectivity index (χ2v) is 5.54. The first-order valence-corrected chi connectivity index (χ1v) is 7.53. The topological polar surface area (TPSA) is 42.1 Å². The van der Waals surface area contributed by atoms with E-state index in [2.05, 4.69) is 41.4 Å². The average Bonchev–Trinajstić information content (AvgIpc) is 3.32. The number of benzene rings is 2. The molecule has 0 aliphatic carbocycles. The fourth-order valence-corrected chi connectivity index (χ4v) is 3.22. The number of fused-ring (bicyclic) bond motifs is 3. The minimum Gasteiger partial charge on any atom is -0.464 e. The average molecular weight is 299 g/mol. The molecule has 5 aromatic rings. The molecule has 0 radical (unpaired) electrons. The van der Waals surface area contributed by atoms with Crippen molar-refractivity contribution >= 4 is 21.7 Å². The van der Waals surface area contributed by atoms with Crippen molar-refractivity contribution in [2.75, 3.05) is 0 Å². The van der Waals surface area contributed by atoms with Gasteiger partial charge in [0.1, 0.15) is 5.76 Å². The molecule has 0 unspecified atom stereocenters. The Kier molecular flexibility index (Phi) is 2.50. The maximum atomic E-state index is 5.68. The highest BCUT2D eigenvalue weighted by Gasteiger charge is 2.19. The molecule has 3 nitrogen and oxygen atoms in total. The van der Waals surface area contributed by atoms with Gasteiger partial charge in [-0.3, -0.25) is 0 Å². The van der Waals surface area contributed by atoms with Gasteiger partial charge in [0.05, 0.1) is 29.3 Å². The van der Waals surface area contributed by atoms with E-state index in [4.69, 9.17) is 8.83 Å². The Hall–Kier alpha value is -3.20. The lowest BCUT2D eigenvalue weighted by Crippen LogP contribution is -1.78. The molecule has 0 aliphatic heterocycles. The number of furan rings is 2. The van der Waals surface area contributed by atoms with Crippen molar-refractivity contribution in [2.24, 2.45) is 0 Å². The first-order valence-electron chi connectivity index (χ1n) is 7.53. The molecule has 2 aromatic carbocycles. The number of hydrogen-bond donors (Lipinski definition) is 1. The largest absolute Gasteiger partial charge is 0.464 e. The van der Waals surface area contributed by atoms with Crippen LogP contribution in [-0.4, -0.2) is 4.98 Å². The highest BCUT2D eigenvalue weighted by Crippen LogP contribution is 2.40. The summed E-state index contributed by atoms with van der Waals surface area (Å²) in [6.07, 6.45) is 3.38. The van der Waals surface area contributed by atoms with Crippen molar-refractivity contribution in [1.29, 1.82) is 0 Å². The molecule has 1 N–H and O–H groups in total. The number of aromatic amines is 1. The lowest BCUT2D eigenvalue weighted by atomic mass is 10.0. The van der Waals surface area contributed by atoms with E-state index in [9.17, 15) is 0 Å². The molecule has 0 bridgehead atoms. The molecule has 0 spiro atoms. The number of H-pyrrole nitrogens is 1. The summed E-state index contributed by atoms with van der Waals surface area (Å²) in [5.74, 6) is 1.63. The van der Waals surface area contributed by atoms with Crippen LogP contribution in [0.2, 0.25) is 0 Å². The lowest BCUT2D eigenvalue weighted by Gasteiger charge is -2.00. The van der Waals surface area contributed by atoms with Crippen LogP contribution in [0.3, 0.4) is 0 Å². The molecule has 0 fully saturated rings. The van der Waals surface area contributed by atoms with Gasteiger partial charge in [-0.1, -0.05) is 36.4 Å². The minimum absolute atomic E-state index is 0.802. The van der Waals surface area contributed by atoms with Crippen LogP contribution < -0.4 is 0 Å². The van der Waals surface area contributed by atoms with E-state index in [-0.39, 0.29) is 0 Å². The van der Waals surface area contributed by atoms with E-state index in [1.54, 1.807) is 12.5 Å². The van der Waals surface area contributed by atoms with Crippen molar-refractivity contribution in [2.45, 2.75) is 0 Å². The number of rotatable bonds is 2. The van der Waals surface area contributed by atoms with E-state index in [1.165, 1.54) is 10.8 Å². The third kappa shape index (κ3) is 1.77. The zero-order chi connectivity index (χ0) is 15.2. The van der Waals surface area contributed by atoms with Gasteiger partial charge in [0.25, 0.3) is 0 Å². The molecular weight excluding hydrogens is 286 g/mol. The zero-order valence-electron chi connectivity index (χ0n) is 12.2. The second-order valence-electron chi connectivity index (χ2n) is 5.54. The van der Waals surface area contributed by atoms with Crippen LogP contribution >= 0.6 is 0 Å². The van der Waals surface area contributed by atoms with Gasteiger partial charge in [0.2, 0.25) is 0 Å². The van der Waals surface area contributed by atoms with Gasteiger partial charge in [-0.2, -0.15) is 0 Å². The van der Waals surface area contributed by atoms with Crippen molar-refractivity contribution in [3.8, 4) is 22.8 Å². The van der Waals surface area contributed by atoms with Crippen LogP contribution in [0.5, 0.6) is 0 Å². The predicted molar refractivity (Wildman–Crippen MR) is 91.2 cm³/mol. The summed E-state index contributed by atoms with van der Waals surface area (Å²) < 4.78 is 11.3. The van der Waals surface area contributed by atoms with Crippen LogP contribution in [0, 0.1) is 0 Å². The first kappa shape index (κ1) is 12.4. The molecule has 0 saturated carbocycles.